The van der Waals surface area contributed by atoms with Gasteiger partial charge in [0.05, 0.1) is 32.1 Å². The lowest BCUT2D eigenvalue weighted by Gasteiger charge is -2.12. The second-order valence-corrected chi connectivity index (χ2v) is 9.83. The van der Waals surface area contributed by atoms with Crippen molar-refractivity contribution in [3.05, 3.63) is 107 Å². The van der Waals surface area contributed by atoms with E-state index in [9.17, 15) is 9.59 Å². The topological polar surface area (TPSA) is 111 Å². The first-order valence-corrected chi connectivity index (χ1v) is 14.3. The molecule has 0 unspecified atom stereocenters. The van der Waals surface area contributed by atoms with Gasteiger partial charge in [0.2, 0.25) is 0 Å². The van der Waals surface area contributed by atoms with Crippen molar-refractivity contribution in [2.45, 2.75) is 13.8 Å². The first kappa shape index (κ1) is 30.2. The van der Waals surface area contributed by atoms with Gasteiger partial charge in [-0.1, -0.05) is 41.9 Å². The van der Waals surface area contributed by atoms with E-state index in [4.69, 9.17) is 30.5 Å². The second kappa shape index (κ2) is 13.8. The summed E-state index contributed by atoms with van der Waals surface area (Å²) >= 11 is 6.54. The van der Waals surface area contributed by atoms with Crippen LogP contribution in [-0.2, 0) is 0 Å². The van der Waals surface area contributed by atoms with E-state index in [0.29, 0.717) is 57.7 Å². The molecule has 224 valence electrons. The van der Waals surface area contributed by atoms with Gasteiger partial charge in [0.25, 0.3) is 5.91 Å². The molecule has 5 aromatic rings. The van der Waals surface area contributed by atoms with Crippen molar-refractivity contribution in [3.8, 4) is 34.1 Å². The Morgan fingerprint density at radius 2 is 1.64 bits per heavy atom. The fourth-order valence-electron chi connectivity index (χ4n) is 4.65. The minimum atomic E-state index is -0.586. The summed E-state index contributed by atoms with van der Waals surface area (Å²) in [5, 5.41) is 5.42. The van der Waals surface area contributed by atoms with Crippen LogP contribution in [-0.4, -0.2) is 43.4 Å². The highest BCUT2D eigenvalue weighted by molar-refractivity contribution is 6.34. The molecule has 4 aromatic carbocycles. The number of rotatable bonds is 11. The van der Waals surface area contributed by atoms with Crippen LogP contribution in [0.2, 0.25) is 5.02 Å². The van der Waals surface area contributed by atoms with Crippen LogP contribution in [0.3, 0.4) is 0 Å². The minimum absolute atomic E-state index is 0.261. The number of nitrogens with one attached hydrogen (secondary N) is 2. The fraction of sp³-hybridized carbons (Fsp3) is 0.147. The third-order valence-corrected chi connectivity index (χ3v) is 6.98. The van der Waals surface area contributed by atoms with E-state index in [1.807, 2.05) is 44.2 Å². The van der Waals surface area contributed by atoms with Crippen molar-refractivity contribution in [3.63, 3.8) is 0 Å². The highest BCUT2D eigenvalue weighted by Crippen LogP contribution is 2.38. The molecular formula is C34H30ClN3O6. The number of amides is 1. The Kier molecular flexibility index (Phi) is 9.46. The minimum Gasteiger partial charge on any atom is -0.497 e. The molecule has 44 heavy (non-hydrogen) atoms. The molecule has 0 fully saturated rings. The molecule has 0 saturated heterocycles. The zero-order valence-electron chi connectivity index (χ0n) is 24.3. The molecule has 0 atom stereocenters. The van der Waals surface area contributed by atoms with Crippen molar-refractivity contribution in [2.24, 2.45) is 5.10 Å². The molecule has 1 heterocycles. The number of aromatic amines is 1. The first-order chi connectivity index (χ1) is 21.4. The summed E-state index contributed by atoms with van der Waals surface area (Å²) < 4.78 is 22.3. The Hall–Kier alpha value is -5.28. The van der Waals surface area contributed by atoms with E-state index < -0.39 is 11.9 Å². The summed E-state index contributed by atoms with van der Waals surface area (Å²) in [4.78, 5) is 29.6. The highest BCUT2D eigenvalue weighted by atomic mass is 35.5. The Balaban J connectivity index is 1.38. The molecule has 5 rings (SSSR count). The Morgan fingerprint density at radius 3 is 2.41 bits per heavy atom. The molecule has 0 radical (unpaired) electrons. The molecule has 0 aliphatic rings. The summed E-state index contributed by atoms with van der Waals surface area (Å²) in [5.41, 5.74) is 5.65. The number of carbonyl (C=O) groups is 2. The van der Waals surface area contributed by atoms with Crippen LogP contribution >= 0.6 is 11.6 Å². The maximum Gasteiger partial charge on any atom is 0.343 e. The maximum atomic E-state index is 13.4. The molecule has 10 heteroatoms. The number of hydrazone groups is 1. The van der Waals surface area contributed by atoms with Gasteiger partial charge in [-0.2, -0.15) is 5.10 Å². The molecule has 1 aromatic heterocycles. The van der Waals surface area contributed by atoms with E-state index in [-0.39, 0.29) is 11.4 Å². The van der Waals surface area contributed by atoms with Crippen molar-refractivity contribution in [1.82, 2.24) is 10.4 Å². The Labute approximate surface area is 259 Å². The number of benzene rings is 4. The van der Waals surface area contributed by atoms with Crippen LogP contribution < -0.4 is 24.4 Å². The lowest BCUT2D eigenvalue weighted by Crippen LogP contribution is -2.19. The zero-order valence-corrected chi connectivity index (χ0v) is 25.1. The monoisotopic (exact) mass is 611 g/mol. The SMILES string of the molecule is CCOc1ccc(C(=O)Oc2ccccc2C=NNC(=O)c2[nH]c3ccc(OC)cc3c2-c2ccccc2Cl)cc1OCC. The van der Waals surface area contributed by atoms with Gasteiger partial charge in [0, 0.05) is 32.6 Å². The van der Waals surface area contributed by atoms with E-state index >= 15 is 0 Å². The number of ether oxygens (including phenoxy) is 4. The van der Waals surface area contributed by atoms with Gasteiger partial charge in [-0.3, -0.25) is 4.79 Å². The van der Waals surface area contributed by atoms with Crippen LogP contribution in [0.15, 0.2) is 90.0 Å². The second-order valence-electron chi connectivity index (χ2n) is 9.42. The number of para-hydroxylation sites is 1. The average Bonchev–Trinajstić information content (AvgIpc) is 3.41. The first-order valence-electron chi connectivity index (χ1n) is 13.9. The van der Waals surface area contributed by atoms with Crippen molar-refractivity contribution >= 4 is 40.6 Å². The predicted molar refractivity (Wildman–Crippen MR) is 171 cm³/mol. The van der Waals surface area contributed by atoms with Crippen molar-refractivity contribution in [1.29, 1.82) is 0 Å². The van der Waals surface area contributed by atoms with Gasteiger partial charge in [-0.05, 0) is 68.4 Å². The molecular weight excluding hydrogens is 582 g/mol. The van der Waals surface area contributed by atoms with Crippen molar-refractivity contribution in [2.75, 3.05) is 20.3 Å². The largest absolute Gasteiger partial charge is 0.497 e. The number of hydrogen-bond donors (Lipinski definition) is 2. The van der Waals surface area contributed by atoms with Crippen LogP contribution in [0.1, 0.15) is 40.3 Å². The van der Waals surface area contributed by atoms with Crippen LogP contribution in [0.4, 0.5) is 0 Å². The van der Waals surface area contributed by atoms with Crippen LogP contribution in [0.5, 0.6) is 23.0 Å². The summed E-state index contributed by atoms with van der Waals surface area (Å²) in [6.45, 7) is 4.59. The van der Waals surface area contributed by atoms with Gasteiger partial charge in [0.15, 0.2) is 11.5 Å². The third kappa shape index (κ3) is 6.53. The van der Waals surface area contributed by atoms with E-state index in [0.717, 1.165) is 10.9 Å². The maximum absolute atomic E-state index is 13.4. The van der Waals surface area contributed by atoms with Gasteiger partial charge in [0.1, 0.15) is 17.2 Å². The molecule has 1 amide bonds. The van der Waals surface area contributed by atoms with Gasteiger partial charge in [-0.25, -0.2) is 10.2 Å². The fourth-order valence-corrected chi connectivity index (χ4v) is 4.88. The molecule has 0 aliphatic carbocycles. The predicted octanol–water partition coefficient (Wildman–Crippen LogP) is 7.28. The summed E-state index contributed by atoms with van der Waals surface area (Å²) in [7, 11) is 1.58. The van der Waals surface area contributed by atoms with E-state index in [1.54, 1.807) is 61.7 Å². The summed E-state index contributed by atoms with van der Waals surface area (Å²) in [6.07, 6.45) is 1.41. The van der Waals surface area contributed by atoms with Gasteiger partial charge in [-0.15, -0.1) is 0 Å². The Bertz CT molecular complexity index is 1850. The molecule has 0 bridgehead atoms. The standard InChI is InChI=1S/C34H30ClN3O6/c1-4-42-29-17-14-21(18-30(29)43-5-2)34(40)44-28-13-9-6-10-22(28)20-36-38-33(39)32-31(24-11-7-8-12-26(24)35)25-19-23(41-3)15-16-27(25)37-32/h6-20,37H,4-5H2,1-3H3,(H,38,39). The number of hydrogen-bond acceptors (Lipinski definition) is 7. The Morgan fingerprint density at radius 1 is 0.886 bits per heavy atom. The molecule has 0 saturated carbocycles. The smallest absolute Gasteiger partial charge is 0.343 e. The lowest BCUT2D eigenvalue weighted by atomic mass is 10.0. The number of carbonyl (C=O) groups excluding carboxylic acids is 2. The van der Waals surface area contributed by atoms with Crippen LogP contribution in [0, 0.1) is 0 Å². The van der Waals surface area contributed by atoms with Crippen LogP contribution in [0.25, 0.3) is 22.0 Å². The molecule has 0 spiro atoms. The number of nitrogens with zero attached hydrogens (tertiary/aromatic N) is 1. The normalized spacial score (nSPS) is 11.0. The number of aromatic nitrogens is 1. The number of fused-ring (bicyclic) bond motifs is 1. The summed E-state index contributed by atoms with van der Waals surface area (Å²) in [6, 6.07) is 24.5. The molecule has 0 aliphatic heterocycles. The number of esters is 1. The quantitative estimate of drug-likeness (QED) is 0.0703. The van der Waals surface area contributed by atoms with Crippen molar-refractivity contribution < 1.29 is 28.5 Å². The lowest BCUT2D eigenvalue weighted by molar-refractivity contribution is 0.0733. The number of H-pyrrole nitrogens is 1. The average molecular weight is 612 g/mol. The third-order valence-electron chi connectivity index (χ3n) is 6.65. The highest BCUT2D eigenvalue weighted by Gasteiger charge is 2.21. The number of methoxy groups -OCH3 is 1. The molecule has 9 nitrogen and oxygen atoms in total. The van der Waals surface area contributed by atoms with Gasteiger partial charge < -0.3 is 23.9 Å². The van der Waals surface area contributed by atoms with E-state index in [2.05, 4.69) is 15.5 Å². The zero-order chi connectivity index (χ0) is 31.1. The van der Waals surface area contributed by atoms with Gasteiger partial charge >= 0.3 is 5.97 Å². The molecule has 2 N–H and O–H groups in total. The summed E-state index contributed by atoms with van der Waals surface area (Å²) in [5.74, 6) is 0.821. The number of halogens is 1. The van der Waals surface area contributed by atoms with E-state index in [1.165, 1.54) is 6.21 Å².